The van der Waals surface area contributed by atoms with Crippen LogP contribution in [0.5, 0.6) is 17.4 Å². The summed E-state index contributed by atoms with van der Waals surface area (Å²) in [6, 6.07) is 9.52. The molecule has 1 aromatic heterocycles. The van der Waals surface area contributed by atoms with Crippen LogP contribution in [-0.2, 0) is 0 Å². The highest BCUT2D eigenvalue weighted by Crippen LogP contribution is 2.38. The van der Waals surface area contributed by atoms with Crippen molar-refractivity contribution in [3.05, 3.63) is 47.7 Å². The Morgan fingerprint density at radius 2 is 2.00 bits per heavy atom. The van der Waals surface area contributed by atoms with Crippen LogP contribution < -0.4 is 14.2 Å². The van der Waals surface area contributed by atoms with Crippen LogP contribution in [0.15, 0.2) is 36.5 Å². The lowest BCUT2D eigenvalue weighted by Gasteiger charge is -2.25. The van der Waals surface area contributed by atoms with Crippen molar-refractivity contribution in [2.75, 3.05) is 26.9 Å². The van der Waals surface area contributed by atoms with Gasteiger partial charge in [0.05, 0.1) is 31.9 Å². The van der Waals surface area contributed by atoms with Crippen LogP contribution in [0.25, 0.3) is 0 Å². The Morgan fingerprint density at radius 3 is 2.77 bits per heavy atom. The van der Waals surface area contributed by atoms with E-state index in [2.05, 4.69) is 4.98 Å². The van der Waals surface area contributed by atoms with Crippen LogP contribution in [0.3, 0.4) is 0 Å². The largest absolute Gasteiger partial charge is 0.490 e. The van der Waals surface area contributed by atoms with Gasteiger partial charge in [0.15, 0.2) is 11.5 Å². The highest BCUT2D eigenvalue weighted by Gasteiger charge is 2.31. The van der Waals surface area contributed by atoms with Crippen LogP contribution in [0, 0.1) is 0 Å². The Hall–Kier alpha value is -2.76. The van der Waals surface area contributed by atoms with E-state index in [-0.39, 0.29) is 11.9 Å². The van der Waals surface area contributed by atoms with E-state index in [0.717, 1.165) is 42.9 Å². The normalized spacial score (nSPS) is 19.1. The van der Waals surface area contributed by atoms with Crippen LogP contribution in [0.1, 0.15) is 41.2 Å². The van der Waals surface area contributed by atoms with E-state index in [4.69, 9.17) is 14.2 Å². The summed E-state index contributed by atoms with van der Waals surface area (Å²) in [7, 11) is 1.56. The van der Waals surface area contributed by atoms with Crippen molar-refractivity contribution >= 4 is 5.91 Å². The van der Waals surface area contributed by atoms with Crippen molar-refractivity contribution in [1.82, 2.24) is 9.88 Å². The molecule has 0 unspecified atom stereocenters. The predicted octanol–water partition coefficient (Wildman–Crippen LogP) is 3.23. The molecule has 1 amide bonds. The molecule has 2 aliphatic rings. The van der Waals surface area contributed by atoms with Gasteiger partial charge in [-0.3, -0.25) is 4.79 Å². The van der Waals surface area contributed by atoms with E-state index >= 15 is 0 Å². The third-order valence-electron chi connectivity index (χ3n) is 4.86. The Morgan fingerprint density at radius 1 is 1.15 bits per heavy atom. The van der Waals surface area contributed by atoms with Gasteiger partial charge in [0.25, 0.3) is 5.91 Å². The number of ether oxygens (including phenoxy) is 3. The first-order valence-electron chi connectivity index (χ1n) is 8.97. The number of hydrogen-bond donors (Lipinski definition) is 0. The van der Waals surface area contributed by atoms with Gasteiger partial charge in [-0.25, -0.2) is 4.98 Å². The zero-order valence-corrected chi connectivity index (χ0v) is 14.8. The van der Waals surface area contributed by atoms with Gasteiger partial charge in [-0.05, 0) is 36.6 Å². The van der Waals surface area contributed by atoms with Gasteiger partial charge in [-0.15, -0.1) is 0 Å². The first-order valence-corrected chi connectivity index (χ1v) is 8.97. The molecule has 6 nitrogen and oxygen atoms in total. The summed E-state index contributed by atoms with van der Waals surface area (Å²) in [4.78, 5) is 19.0. The topological polar surface area (TPSA) is 60.9 Å². The van der Waals surface area contributed by atoms with Gasteiger partial charge in [0.1, 0.15) is 0 Å². The molecule has 1 aromatic carbocycles. The SMILES string of the molecule is COc1ccc(C(=O)N2CCC[C@@H]2c2ccc3c(c2)OCCCO3)cn1. The molecule has 1 saturated heterocycles. The number of methoxy groups -OCH3 is 1. The van der Waals surface area contributed by atoms with Crippen molar-refractivity contribution < 1.29 is 19.0 Å². The summed E-state index contributed by atoms with van der Waals surface area (Å²) in [5.74, 6) is 2.05. The number of aromatic nitrogens is 1. The molecule has 2 aliphatic heterocycles. The van der Waals surface area contributed by atoms with Gasteiger partial charge in [-0.1, -0.05) is 6.07 Å². The molecule has 0 aliphatic carbocycles. The minimum Gasteiger partial charge on any atom is -0.490 e. The molecule has 26 heavy (non-hydrogen) atoms. The minimum atomic E-state index is -0.00485. The van der Waals surface area contributed by atoms with Gasteiger partial charge < -0.3 is 19.1 Å². The third-order valence-corrected chi connectivity index (χ3v) is 4.86. The molecule has 6 heteroatoms. The molecule has 2 aromatic rings. The monoisotopic (exact) mass is 354 g/mol. The number of carbonyl (C=O) groups excluding carboxylic acids is 1. The first-order chi connectivity index (χ1) is 12.8. The van der Waals surface area contributed by atoms with Crippen LogP contribution >= 0.6 is 0 Å². The van der Waals surface area contributed by atoms with E-state index in [1.807, 2.05) is 23.1 Å². The molecule has 136 valence electrons. The number of pyridine rings is 1. The van der Waals surface area contributed by atoms with Crippen LogP contribution in [0.2, 0.25) is 0 Å². The summed E-state index contributed by atoms with van der Waals surface area (Å²) in [6.07, 6.45) is 4.37. The summed E-state index contributed by atoms with van der Waals surface area (Å²) >= 11 is 0. The molecule has 0 bridgehead atoms. The number of fused-ring (bicyclic) bond motifs is 1. The summed E-state index contributed by atoms with van der Waals surface area (Å²) < 4.78 is 16.6. The maximum atomic E-state index is 13.0. The van der Waals surface area contributed by atoms with Gasteiger partial charge >= 0.3 is 0 Å². The Kier molecular flexibility index (Phi) is 4.65. The van der Waals surface area contributed by atoms with Crippen molar-refractivity contribution in [2.45, 2.75) is 25.3 Å². The quantitative estimate of drug-likeness (QED) is 0.847. The third kappa shape index (κ3) is 3.19. The van der Waals surface area contributed by atoms with Crippen LogP contribution in [0.4, 0.5) is 0 Å². The second-order valence-electron chi connectivity index (χ2n) is 6.50. The second kappa shape index (κ2) is 7.23. The molecule has 0 spiro atoms. The number of nitrogens with zero attached hydrogens (tertiary/aromatic N) is 2. The summed E-state index contributed by atoms with van der Waals surface area (Å²) in [5.41, 5.74) is 1.66. The molecular weight excluding hydrogens is 332 g/mol. The molecule has 1 atom stereocenters. The Labute approximate surface area is 152 Å². The van der Waals surface area contributed by atoms with E-state index in [1.54, 1.807) is 25.4 Å². The maximum absolute atomic E-state index is 13.0. The smallest absolute Gasteiger partial charge is 0.255 e. The van der Waals surface area contributed by atoms with Crippen LogP contribution in [-0.4, -0.2) is 42.7 Å². The van der Waals surface area contributed by atoms with Crippen molar-refractivity contribution in [3.63, 3.8) is 0 Å². The zero-order chi connectivity index (χ0) is 17.9. The highest BCUT2D eigenvalue weighted by molar-refractivity contribution is 5.94. The zero-order valence-electron chi connectivity index (χ0n) is 14.8. The first kappa shape index (κ1) is 16.7. The molecule has 4 rings (SSSR count). The van der Waals surface area contributed by atoms with Crippen molar-refractivity contribution in [1.29, 1.82) is 0 Å². The van der Waals surface area contributed by atoms with Gasteiger partial charge in [-0.2, -0.15) is 0 Å². The van der Waals surface area contributed by atoms with Crippen molar-refractivity contribution in [2.24, 2.45) is 0 Å². The molecule has 1 fully saturated rings. The number of amides is 1. The molecular formula is C20H22N2O4. The van der Waals surface area contributed by atoms with E-state index in [9.17, 15) is 4.79 Å². The Balaban J connectivity index is 1.58. The molecule has 3 heterocycles. The number of rotatable bonds is 3. The van der Waals surface area contributed by atoms with Gasteiger partial charge in [0.2, 0.25) is 5.88 Å². The molecule has 0 saturated carbocycles. The molecule has 0 radical (unpaired) electrons. The average Bonchev–Trinajstić information content (AvgIpc) is 3.06. The molecule has 0 N–H and O–H groups in total. The fourth-order valence-electron chi connectivity index (χ4n) is 3.54. The fourth-order valence-corrected chi connectivity index (χ4v) is 3.54. The fraction of sp³-hybridized carbons (Fsp3) is 0.400. The lowest BCUT2D eigenvalue weighted by atomic mass is 10.0. The van der Waals surface area contributed by atoms with Crippen molar-refractivity contribution in [3.8, 4) is 17.4 Å². The summed E-state index contributed by atoms with van der Waals surface area (Å²) in [6.45, 7) is 2.07. The number of carbonyl (C=O) groups is 1. The lowest BCUT2D eigenvalue weighted by molar-refractivity contribution is 0.0735. The average molecular weight is 354 g/mol. The predicted molar refractivity (Wildman–Crippen MR) is 95.8 cm³/mol. The minimum absolute atomic E-state index is 0.00485. The maximum Gasteiger partial charge on any atom is 0.255 e. The summed E-state index contributed by atoms with van der Waals surface area (Å²) in [5, 5.41) is 0. The number of likely N-dealkylation sites (tertiary alicyclic amines) is 1. The standard InChI is InChI=1S/C20H22N2O4/c1-24-19-8-6-15(13-21-19)20(23)22-9-2-4-16(22)14-5-7-17-18(12-14)26-11-3-10-25-17/h5-8,12-13,16H,2-4,9-11H2,1H3/t16-/m1/s1. The van der Waals surface area contributed by atoms with E-state index < -0.39 is 0 Å². The lowest BCUT2D eigenvalue weighted by Crippen LogP contribution is -2.30. The van der Waals surface area contributed by atoms with E-state index in [1.165, 1.54) is 0 Å². The number of hydrogen-bond acceptors (Lipinski definition) is 5. The number of benzene rings is 1. The van der Waals surface area contributed by atoms with E-state index in [0.29, 0.717) is 24.7 Å². The second-order valence-corrected chi connectivity index (χ2v) is 6.50. The van der Waals surface area contributed by atoms with Gasteiger partial charge in [0, 0.05) is 25.2 Å². The highest BCUT2D eigenvalue weighted by atomic mass is 16.5. The Bertz CT molecular complexity index is 791.